The molecule has 3 saturated carbocycles. The maximum absolute atomic E-state index is 10.3. The van der Waals surface area contributed by atoms with Crippen LogP contribution in [0.3, 0.4) is 0 Å². The Kier molecular flexibility index (Phi) is 5.41. The van der Waals surface area contributed by atoms with Crippen LogP contribution in [0.4, 0.5) is 0 Å². The molecule has 0 unspecified atom stereocenters. The number of aromatic nitrogens is 2. The highest BCUT2D eigenvalue weighted by Gasteiger charge is 2.60. The molecular formula is C29H38BrN2O+. The molecule has 1 heterocycles. The Morgan fingerprint density at radius 1 is 1.09 bits per heavy atom. The van der Waals surface area contributed by atoms with E-state index in [0.29, 0.717) is 16.9 Å². The predicted octanol–water partition coefficient (Wildman–Crippen LogP) is 6.45. The van der Waals surface area contributed by atoms with E-state index in [-0.39, 0.29) is 6.10 Å². The largest absolute Gasteiger partial charge is 0.393 e. The third-order valence-electron chi connectivity index (χ3n) is 10.4. The fourth-order valence-corrected chi connectivity index (χ4v) is 9.03. The number of imidazole rings is 1. The second kappa shape index (κ2) is 8.09. The smallest absolute Gasteiger partial charge is 0.244 e. The van der Waals surface area contributed by atoms with Gasteiger partial charge in [0, 0.05) is 15.5 Å². The predicted molar refractivity (Wildman–Crippen MR) is 135 cm³/mol. The van der Waals surface area contributed by atoms with Gasteiger partial charge in [-0.3, -0.25) is 0 Å². The lowest BCUT2D eigenvalue weighted by molar-refractivity contribution is -0.688. The number of allylic oxidation sites excluding steroid dienone is 1. The number of benzene rings is 1. The fourth-order valence-electron chi connectivity index (χ4n) is 8.62. The highest BCUT2D eigenvalue weighted by molar-refractivity contribution is 9.10. The zero-order chi connectivity index (χ0) is 22.8. The maximum atomic E-state index is 10.3. The van der Waals surface area contributed by atoms with Gasteiger partial charge >= 0.3 is 0 Å². The summed E-state index contributed by atoms with van der Waals surface area (Å²) < 4.78 is 6.07. The molecule has 1 aromatic heterocycles. The van der Waals surface area contributed by atoms with Crippen LogP contribution in [0, 0.1) is 28.6 Å². The first-order valence-corrected chi connectivity index (χ1v) is 13.9. The van der Waals surface area contributed by atoms with Crippen LogP contribution in [0.25, 0.3) is 0 Å². The van der Waals surface area contributed by atoms with Gasteiger partial charge < -0.3 is 5.11 Å². The van der Waals surface area contributed by atoms with Crippen LogP contribution in [0.15, 0.2) is 59.1 Å². The molecule has 0 saturated heterocycles. The van der Waals surface area contributed by atoms with Gasteiger partial charge in [-0.2, -0.15) is 0 Å². The fraction of sp³-hybridized carbons (Fsp3) is 0.621. The third kappa shape index (κ3) is 3.50. The van der Waals surface area contributed by atoms with Crippen LogP contribution >= 0.6 is 15.9 Å². The molecule has 4 heteroatoms. The summed E-state index contributed by atoms with van der Waals surface area (Å²) in [4.78, 5) is 0. The standard InChI is InChI=1S/C29H38BrN2O/c1-28-13-11-22(33)17-21(28)7-8-23-24-9-10-27(29(24,2)14-12-25(23)28)32-16-15-31(19-32)18-20-5-3-4-6-26(20)30/h3-7,15-16,19,22-25,27,33H,8-14,17-18H2,1-2H3/q+1/t22-,23-,24-,25-,27-,28-,29-/m0/s1. The summed E-state index contributed by atoms with van der Waals surface area (Å²) in [5.74, 6) is 2.45. The van der Waals surface area contributed by atoms with Crippen LogP contribution in [0.2, 0.25) is 0 Å². The van der Waals surface area contributed by atoms with E-state index in [1.807, 2.05) is 0 Å². The molecular weight excluding hydrogens is 472 g/mol. The first kappa shape index (κ1) is 22.1. The molecule has 3 fully saturated rings. The van der Waals surface area contributed by atoms with Crippen LogP contribution in [0.5, 0.6) is 0 Å². The van der Waals surface area contributed by atoms with E-state index in [1.165, 1.54) is 48.6 Å². The van der Waals surface area contributed by atoms with Gasteiger partial charge in [-0.15, -0.1) is 0 Å². The van der Waals surface area contributed by atoms with Crippen molar-refractivity contribution in [3.8, 4) is 0 Å². The van der Waals surface area contributed by atoms with Crippen LogP contribution in [0.1, 0.15) is 76.8 Å². The Bertz CT molecular complexity index is 1080. The van der Waals surface area contributed by atoms with Crippen molar-refractivity contribution in [1.29, 1.82) is 0 Å². The number of nitrogens with zero attached hydrogens (tertiary/aromatic N) is 2. The molecule has 33 heavy (non-hydrogen) atoms. The minimum atomic E-state index is -0.109. The highest BCUT2D eigenvalue weighted by atomic mass is 79.9. The van der Waals surface area contributed by atoms with Crippen molar-refractivity contribution in [2.24, 2.45) is 28.6 Å². The number of hydrogen-bond donors (Lipinski definition) is 1. The van der Waals surface area contributed by atoms with E-state index >= 15 is 0 Å². The summed E-state index contributed by atoms with van der Waals surface area (Å²) in [6.07, 6.45) is 19.1. The van der Waals surface area contributed by atoms with Crippen LogP contribution < -0.4 is 4.57 Å². The average Bonchev–Trinajstić information content (AvgIpc) is 3.39. The summed E-state index contributed by atoms with van der Waals surface area (Å²) in [6, 6.07) is 9.15. The Hall–Kier alpha value is -1.39. The normalized spacial score (nSPS) is 40.0. The molecule has 0 radical (unpaired) electrons. The molecule has 7 atom stereocenters. The highest BCUT2D eigenvalue weighted by Crippen LogP contribution is 2.67. The number of fused-ring (bicyclic) bond motifs is 5. The van der Waals surface area contributed by atoms with E-state index in [9.17, 15) is 5.11 Å². The number of hydrogen-bond acceptors (Lipinski definition) is 1. The van der Waals surface area contributed by atoms with E-state index in [2.05, 4.69) is 88.0 Å². The molecule has 1 N–H and O–H groups in total. The van der Waals surface area contributed by atoms with Crippen molar-refractivity contribution >= 4 is 15.9 Å². The minimum absolute atomic E-state index is 0.109. The lowest BCUT2D eigenvalue weighted by Gasteiger charge is -2.57. The second-order valence-corrected chi connectivity index (χ2v) is 12.8. The van der Waals surface area contributed by atoms with Crippen molar-refractivity contribution in [2.45, 2.75) is 83.9 Å². The van der Waals surface area contributed by atoms with Crippen molar-refractivity contribution < 1.29 is 9.67 Å². The number of halogens is 1. The Balaban J connectivity index is 1.24. The van der Waals surface area contributed by atoms with Gasteiger partial charge in [0.2, 0.25) is 6.33 Å². The molecule has 4 aliphatic carbocycles. The lowest BCUT2D eigenvalue weighted by Crippen LogP contribution is -2.50. The lowest BCUT2D eigenvalue weighted by atomic mass is 9.48. The first-order valence-electron chi connectivity index (χ1n) is 13.1. The van der Waals surface area contributed by atoms with Gasteiger partial charge in [0.15, 0.2) is 0 Å². The van der Waals surface area contributed by atoms with Gasteiger partial charge in [0.1, 0.15) is 25.0 Å². The van der Waals surface area contributed by atoms with E-state index in [0.717, 1.165) is 37.1 Å². The summed E-state index contributed by atoms with van der Waals surface area (Å²) in [5.41, 5.74) is 3.63. The summed E-state index contributed by atoms with van der Waals surface area (Å²) in [6.45, 7) is 6.05. The molecule has 0 amide bonds. The molecule has 0 spiro atoms. The molecule has 3 nitrogen and oxygen atoms in total. The van der Waals surface area contributed by atoms with Crippen LogP contribution in [-0.4, -0.2) is 15.8 Å². The Morgan fingerprint density at radius 3 is 2.79 bits per heavy atom. The van der Waals surface area contributed by atoms with Gasteiger partial charge in [-0.1, -0.05) is 59.6 Å². The zero-order valence-corrected chi connectivity index (χ0v) is 21.7. The van der Waals surface area contributed by atoms with Gasteiger partial charge in [0.25, 0.3) is 0 Å². The monoisotopic (exact) mass is 509 g/mol. The molecule has 1 aromatic carbocycles. The third-order valence-corrected chi connectivity index (χ3v) is 11.2. The SMILES string of the molecule is C[C@]12CC[C@H]3[C@@H](CC=C4C[C@@H](O)CC[C@@]43C)[C@@H]1CC[C@@H]2n1cc[n+](Cc2ccccc2Br)c1. The topological polar surface area (TPSA) is 29.0 Å². The summed E-state index contributed by atoms with van der Waals surface area (Å²) in [7, 11) is 0. The average molecular weight is 511 g/mol. The van der Waals surface area contributed by atoms with E-state index in [1.54, 1.807) is 5.57 Å². The van der Waals surface area contributed by atoms with Crippen molar-refractivity contribution in [2.75, 3.05) is 0 Å². The molecule has 2 aromatic rings. The van der Waals surface area contributed by atoms with Gasteiger partial charge in [-0.25, -0.2) is 9.13 Å². The van der Waals surface area contributed by atoms with E-state index < -0.39 is 0 Å². The number of aliphatic hydroxyl groups excluding tert-OH is 1. The minimum Gasteiger partial charge on any atom is -0.393 e. The number of rotatable bonds is 3. The molecule has 176 valence electrons. The van der Waals surface area contributed by atoms with E-state index in [4.69, 9.17) is 0 Å². The molecule has 4 aliphatic rings. The van der Waals surface area contributed by atoms with Crippen molar-refractivity contribution in [3.63, 3.8) is 0 Å². The maximum Gasteiger partial charge on any atom is 0.244 e. The Morgan fingerprint density at radius 2 is 1.94 bits per heavy atom. The molecule has 6 rings (SSSR count). The second-order valence-electron chi connectivity index (χ2n) is 11.9. The van der Waals surface area contributed by atoms with Gasteiger partial charge in [0.05, 0.1) is 6.10 Å². The number of aliphatic hydroxyl groups is 1. The van der Waals surface area contributed by atoms with Gasteiger partial charge in [-0.05, 0) is 80.6 Å². The molecule has 0 aliphatic heterocycles. The Labute approximate surface area is 207 Å². The summed E-state index contributed by atoms with van der Waals surface area (Å²) in [5, 5.41) is 10.3. The zero-order valence-electron chi connectivity index (χ0n) is 20.1. The van der Waals surface area contributed by atoms with Crippen molar-refractivity contribution in [3.05, 3.63) is 64.7 Å². The quantitative estimate of drug-likeness (QED) is 0.373. The van der Waals surface area contributed by atoms with Crippen molar-refractivity contribution in [1.82, 2.24) is 4.57 Å². The molecule has 0 bridgehead atoms. The summed E-state index contributed by atoms with van der Waals surface area (Å²) >= 11 is 3.71. The van der Waals surface area contributed by atoms with Crippen LogP contribution in [-0.2, 0) is 6.54 Å². The first-order chi connectivity index (χ1) is 15.9.